The predicted octanol–water partition coefficient (Wildman–Crippen LogP) is 2.70. The smallest absolute Gasteiger partial charge is 0.158 e. The first kappa shape index (κ1) is 15.1. The van der Waals surface area contributed by atoms with E-state index in [0.29, 0.717) is 25.3 Å². The molecule has 0 saturated heterocycles. The first-order valence-electron chi connectivity index (χ1n) is 6.45. The Labute approximate surface area is 108 Å². The molecule has 0 amide bonds. The first-order chi connectivity index (χ1) is 8.77. The summed E-state index contributed by atoms with van der Waals surface area (Å²) in [4.78, 5) is 0. The highest BCUT2D eigenvalue weighted by Crippen LogP contribution is 2.06. The van der Waals surface area contributed by atoms with E-state index in [1.54, 1.807) is 12.1 Å². The number of hydrogen-bond donors (Lipinski definition) is 1. The van der Waals surface area contributed by atoms with E-state index in [0.717, 1.165) is 13.0 Å². The van der Waals surface area contributed by atoms with Crippen molar-refractivity contribution < 1.29 is 13.9 Å². The van der Waals surface area contributed by atoms with Crippen molar-refractivity contribution in [1.82, 2.24) is 5.32 Å². The molecule has 0 spiro atoms. The average molecular weight is 255 g/mol. The second-order valence-corrected chi connectivity index (χ2v) is 3.90. The monoisotopic (exact) mass is 255 g/mol. The number of benzene rings is 1. The normalized spacial score (nSPS) is 11.1. The van der Waals surface area contributed by atoms with Crippen molar-refractivity contribution >= 4 is 0 Å². The molecule has 0 aromatic heterocycles. The largest absolute Gasteiger partial charge is 0.353 e. The molecule has 0 atom stereocenters. The molecule has 0 aliphatic rings. The van der Waals surface area contributed by atoms with Crippen LogP contribution in [-0.4, -0.2) is 26.0 Å². The van der Waals surface area contributed by atoms with Gasteiger partial charge in [0, 0.05) is 38.3 Å². The zero-order valence-electron chi connectivity index (χ0n) is 11.1. The van der Waals surface area contributed by atoms with Crippen LogP contribution in [-0.2, 0) is 16.0 Å². The zero-order valence-corrected chi connectivity index (χ0v) is 11.1. The Kier molecular flexibility index (Phi) is 7.57. The van der Waals surface area contributed by atoms with Gasteiger partial charge in [-0.05, 0) is 19.9 Å². The highest BCUT2D eigenvalue weighted by molar-refractivity contribution is 5.16. The summed E-state index contributed by atoms with van der Waals surface area (Å²) in [5.74, 6) is -0.170. The van der Waals surface area contributed by atoms with Gasteiger partial charge < -0.3 is 14.8 Å². The summed E-state index contributed by atoms with van der Waals surface area (Å²) < 4.78 is 24.2. The lowest BCUT2D eigenvalue weighted by atomic mass is 10.2. The molecule has 0 radical (unpaired) electrons. The van der Waals surface area contributed by atoms with E-state index in [1.807, 2.05) is 19.9 Å². The summed E-state index contributed by atoms with van der Waals surface area (Å²) >= 11 is 0. The van der Waals surface area contributed by atoms with Crippen LogP contribution < -0.4 is 5.32 Å². The molecule has 1 aromatic carbocycles. The highest BCUT2D eigenvalue weighted by Gasteiger charge is 2.07. The average Bonchev–Trinajstić information content (AvgIpc) is 2.37. The maximum absolute atomic E-state index is 13.3. The molecule has 4 heteroatoms. The Morgan fingerprint density at radius 3 is 2.44 bits per heavy atom. The summed E-state index contributed by atoms with van der Waals surface area (Å²) in [7, 11) is 0. The molecule has 0 saturated carbocycles. The molecule has 102 valence electrons. The molecule has 1 aromatic rings. The third-order valence-electron chi connectivity index (χ3n) is 2.54. The van der Waals surface area contributed by atoms with Gasteiger partial charge in [-0.3, -0.25) is 0 Å². The Balaban J connectivity index is 2.23. The minimum atomic E-state index is -0.173. The van der Waals surface area contributed by atoms with Crippen LogP contribution in [0, 0.1) is 5.82 Å². The maximum atomic E-state index is 13.3. The second-order valence-electron chi connectivity index (χ2n) is 3.90. The van der Waals surface area contributed by atoms with Gasteiger partial charge in [0.2, 0.25) is 0 Å². The summed E-state index contributed by atoms with van der Waals surface area (Å²) in [5, 5.41) is 3.19. The van der Waals surface area contributed by atoms with Crippen LogP contribution in [0.5, 0.6) is 0 Å². The SMILES string of the molecule is CCOC(CCNCc1ccccc1F)OCC. The molecule has 0 fully saturated rings. The van der Waals surface area contributed by atoms with Gasteiger partial charge in [-0.2, -0.15) is 0 Å². The number of halogens is 1. The lowest BCUT2D eigenvalue weighted by molar-refractivity contribution is -0.138. The van der Waals surface area contributed by atoms with Crippen molar-refractivity contribution in [2.75, 3.05) is 19.8 Å². The standard InChI is InChI=1S/C14H22FNO2/c1-3-17-14(18-4-2)9-10-16-11-12-7-5-6-8-13(12)15/h5-8,14,16H,3-4,9-11H2,1-2H3. The van der Waals surface area contributed by atoms with Crippen molar-refractivity contribution in [3.63, 3.8) is 0 Å². The van der Waals surface area contributed by atoms with Gasteiger partial charge in [-0.15, -0.1) is 0 Å². The lowest BCUT2D eigenvalue weighted by Crippen LogP contribution is -2.24. The molecule has 1 rings (SSSR count). The van der Waals surface area contributed by atoms with Crippen molar-refractivity contribution in [1.29, 1.82) is 0 Å². The van der Waals surface area contributed by atoms with E-state index in [4.69, 9.17) is 9.47 Å². The lowest BCUT2D eigenvalue weighted by Gasteiger charge is -2.17. The third kappa shape index (κ3) is 5.58. The fourth-order valence-corrected chi connectivity index (χ4v) is 1.67. The van der Waals surface area contributed by atoms with Gasteiger partial charge in [0.1, 0.15) is 5.82 Å². The molecule has 0 heterocycles. The molecule has 18 heavy (non-hydrogen) atoms. The predicted molar refractivity (Wildman–Crippen MR) is 69.8 cm³/mol. The first-order valence-corrected chi connectivity index (χ1v) is 6.45. The van der Waals surface area contributed by atoms with Crippen molar-refractivity contribution in [2.45, 2.75) is 33.1 Å². The number of ether oxygens (including phenoxy) is 2. The summed E-state index contributed by atoms with van der Waals surface area (Å²) in [6.45, 7) is 6.42. The van der Waals surface area contributed by atoms with Crippen molar-refractivity contribution in [2.24, 2.45) is 0 Å². The number of rotatable bonds is 9. The van der Waals surface area contributed by atoms with E-state index >= 15 is 0 Å². The van der Waals surface area contributed by atoms with E-state index in [2.05, 4.69) is 5.32 Å². The topological polar surface area (TPSA) is 30.5 Å². The van der Waals surface area contributed by atoms with Gasteiger partial charge in [-0.25, -0.2) is 4.39 Å². The molecule has 3 nitrogen and oxygen atoms in total. The van der Waals surface area contributed by atoms with Crippen LogP contribution in [0.1, 0.15) is 25.8 Å². The zero-order chi connectivity index (χ0) is 13.2. The minimum Gasteiger partial charge on any atom is -0.353 e. The molecule has 0 aliphatic carbocycles. The summed E-state index contributed by atoms with van der Waals surface area (Å²) in [5.41, 5.74) is 0.682. The van der Waals surface area contributed by atoms with Gasteiger partial charge in [0.25, 0.3) is 0 Å². The van der Waals surface area contributed by atoms with Gasteiger partial charge in [0.15, 0.2) is 6.29 Å². The molecule has 0 unspecified atom stereocenters. The van der Waals surface area contributed by atoms with Crippen LogP contribution in [0.4, 0.5) is 4.39 Å². The minimum absolute atomic E-state index is 0.170. The third-order valence-corrected chi connectivity index (χ3v) is 2.54. The van der Waals surface area contributed by atoms with Crippen LogP contribution in [0.25, 0.3) is 0 Å². The molecule has 0 bridgehead atoms. The Morgan fingerprint density at radius 2 is 1.83 bits per heavy atom. The summed E-state index contributed by atoms with van der Waals surface area (Å²) in [6, 6.07) is 6.79. The number of nitrogens with one attached hydrogen (secondary N) is 1. The Hall–Kier alpha value is -0.970. The van der Waals surface area contributed by atoms with Crippen LogP contribution in [0.3, 0.4) is 0 Å². The molecule has 1 N–H and O–H groups in total. The maximum Gasteiger partial charge on any atom is 0.158 e. The summed E-state index contributed by atoms with van der Waals surface area (Å²) in [6.07, 6.45) is 0.587. The fraction of sp³-hybridized carbons (Fsp3) is 0.571. The van der Waals surface area contributed by atoms with E-state index in [9.17, 15) is 4.39 Å². The van der Waals surface area contributed by atoms with E-state index in [-0.39, 0.29) is 12.1 Å². The molecular weight excluding hydrogens is 233 g/mol. The van der Waals surface area contributed by atoms with E-state index in [1.165, 1.54) is 6.07 Å². The molecule has 0 aliphatic heterocycles. The second kappa shape index (κ2) is 9.03. The highest BCUT2D eigenvalue weighted by atomic mass is 19.1. The van der Waals surface area contributed by atoms with Crippen LogP contribution in [0.2, 0.25) is 0 Å². The van der Waals surface area contributed by atoms with Crippen LogP contribution >= 0.6 is 0 Å². The Bertz CT molecular complexity index is 327. The van der Waals surface area contributed by atoms with Gasteiger partial charge in [-0.1, -0.05) is 18.2 Å². The van der Waals surface area contributed by atoms with Crippen LogP contribution in [0.15, 0.2) is 24.3 Å². The number of hydrogen-bond acceptors (Lipinski definition) is 3. The van der Waals surface area contributed by atoms with Crippen molar-refractivity contribution in [3.8, 4) is 0 Å². The fourth-order valence-electron chi connectivity index (χ4n) is 1.67. The quantitative estimate of drug-likeness (QED) is 0.543. The Morgan fingerprint density at radius 1 is 1.17 bits per heavy atom. The van der Waals surface area contributed by atoms with E-state index < -0.39 is 0 Å². The van der Waals surface area contributed by atoms with Gasteiger partial charge in [0.05, 0.1) is 0 Å². The van der Waals surface area contributed by atoms with Gasteiger partial charge >= 0.3 is 0 Å². The molecular formula is C14H22FNO2. The van der Waals surface area contributed by atoms with Crippen molar-refractivity contribution in [3.05, 3.63) is 35.6 Å².